The Kier molecular flexibility index (Phi) is 2.92. The van der Waals surface area contributed by atoms with Crippen LogP contribution in [0, 0.1) is 25.2 Å². The number of aromatic nitrogens is 2. The summed E-state index contributed by atoms with van der Waals surface area (Å²) >= 11 is 0. The molecule has 0 spiro atoms. The van der Waals surface area contributed by atoms with Crippen molar-refractivity contribution in [3.8, 4) is 17.5 Å². The number of aryl methyl sites for hydroxylation is 2. The first-order valence-electron chi connectivity index (χ1n) is 7.57. The minimum atomic E-state index is 0.463. The van der Waals surface area contributed by atoms with Gasteiger partial charge in [0.25, 0.3) is 0 Å². The number of nitrogens with zero attached hydrogens (tertiary/aromatic N) is 3. The molecule has 0 radical (unpaired) electrons. The van der Waals surface area contributed by atoms with Crippen LogP contribution in [0.3, 0.4) is 0 Å². The summed E-state index contributed by atoms with van der Waals surface area (Å²) in [7, 11) is 0. The smallest absolute Gasteiger partial charge is 0.166 e. The molecule has 3 heteroatoms. The summed E-state index contributed by atoms with van der Waals surface area (Å²) in [5.41, 5.74) is 5.85. The number of rotatable bonds is 1. The fourth-order valence-electron chi connectivity index (χ4n) is 3.21. The zero-order valence-electron chi connectivity index (χ0n) is 13.0. The van der Waals surface area contributed by atoms with Crippen molar-refractivity contribution in [3.63, 3.8) is 0 Å². The van der Waals surface area contributed by atoms with Crippen LogP contribution in [0.15, 0.2) is 54.6 Å². The normalized spacial score (nSPS) is 11.0. The second-order valence-electron chi connectivity index (χ2n) is 5.83. The third-order valence-corrected chi connectivity index (χ3v) is 4.21. The van der Waals surface area contributed by atoms with Crippen molar-refractivity contribution in [1.82, 2.24) is 9.38 Å². The third-order valence-electron chi connectivity index (χ3n) is 4.21. The van der Waals surface area contributed by atoms with Crippen LogP contribution in [0.25, 0.3) is 27.8 Å². The van der Waals surface area contributed by atoms with Crippen molar-refractivity contribution in [3.05, 3.63) is 71.4 Å². The molecule has 0 N–H and O–H groups in total. The van der Waals surface area contributed by atoms with E-state index in [0.717, 1.165) is 22.4 Å². The van der Waals surface area contributed by atoms with E-state index in [0.29, 0.717) is 5.69 Å². The molecule has 110 valence electrons. The molecule has 0 aliphatic heterocycles. The largest absolute Gasteiger partial charge is 0.291 e. The molecule has 2 heterocycles. The van der Waals surface area contributed by atoms with Crippen LogP contribution in [0.2, 0.25) is 0 Å². The summed E-state index contributed by atoms with van der Waals surface area (Å²) in [5, 5.41) is 10.6. The quantitative estimate of drug-likeness (QED) is 0.513. The van der Waals surface area contributed by atoms with Crippen LogP contribution < -0.4 is 0 Å². The summed E-state index contributed by atoms with van der Waals surface area (Å²) in [6.07, 6.45) is 0. The first-order valence-corrected chi connectivity index (χ1v) is 7.57. The highest BCUT2D eigenvalue weighted by Gasteiger charge is 2.15. The Bertz CT molecular complexity index is 1080. The summed E-state index contributed by atoms with van der Waals surface area (Å²) < 4.78 is 2.10. The lowest BCUT2D eigenvalue weighted by molar-refractivity contribution is 1.20. The molecule has 4 aromatic rings. The molecule has 0 aliphatic rings. The van der Waals surface area contributed by atoms with E-state index in [1.54, 1.807) is 0 Å². The topological polar surface area (TPSA) is 41.1 Å². The zero-order valence-corrected chi connectivity index (χ0v) is 13.0. The molecule has 0 bridgehead atoms. The van der Waals surface area contributed by atoms with Crippen LogP contribution in [0.5, 0.6) is 0 Å². The van der Waals surface area contributed by atoms with Gasteiger partial charge in [0.2, 0.25) is 0 Å². The van der Waals surface area contributed by atoms with Crippen LogP contribution in [0.1, 0.15) is 16.8 Å². The second-order valence-corrected chi connectivity index (χ2v) is 5.83. The average molecular weight is 297 g/mol. The van der Waals surface area contributed by atoms with Gasteiger partial charge in [-0.15, -0.1) is 0 Å². The number of benzene rings is 2. The number of fused-ring (bicyclic) bond motifs is 3. The Morgan fingerprint density at radius 2 is 1.74 bits per heavy atom. The number of hydrogen-bond donors (Lipinski definition) is 0. The number of imidazole rings is 1. The molecule has 2 aromatic carbocycles. The molecule has 0 saturated carbocycles. The third kappa shape index (κ3) is 2.00. The van der Waals surface area contributed by atoms with Crippen molar-refractivity contribution in [2.45, 2.75) is 13.8 Å². The molecule has 0 aliphatic carbocycles. The lowest BCUT2D eigenvalue weighted by Gasteiger charge is -2.09. The second kappa shape index (κ2) is 4.96. The Labute approximate surface area is 134 Å². The fourth-order valence-corrected chi connectivity index (χ4v) is 3.21. The molecule has 4 rings (SSSR count). The molecule has 0 unspecified atom stereocenters. The maximum atomic E-state index is 9.45. The Hall–Kier alpha value is -3.12. The molecule has 0 saturated heterocycles. The van der Waals surface area contributed by atoms with Crippen molar-refractivity contribution in [1.29, 1.82) is 5.26 Å². The first-order chi connectivity index (χ1) is 11.2. The minimum absolute atomic E-state index is 0.463. The number of pyridine rings is 1. The van der Waals surface area contributed by atoms with Crippen LogP contribution in [0.4, 0.5) is 0 Å². The average Bonchev–Trinajstić information content (AvgIpc) is 2.94. The first kappa shape index (κ1) is 13.5. The van der Waals surface area contributed by atoms with Gasteiger partial charge in [0.05, 0.1) is 11.0 Å². The van der Waals surface area contributed by atoms with E-state index >= 15 is 0 Å². The van der Waals surface area contributed by atoms with Crippen molar-refractivity contribution < 1.29 is 0 Å². The summed E-state index contributed by atoms with van der Waals surface area (Å²) in [6, 6.07) is 20.6. The summed E-state index contributed by atoms with van der Waals surface area (Å²) in [5.74, 6) is 0.813. The van der Waals surface area contributed by atoms with Gasteiger partial charge in [0, 0.05) is 10.9 Å². The Morgan fingerprint density at radius 3 is 2.48 bits per heavy atom. The van der Waals surface area contributed by atoms with E-state index in [2.05, 4.69) is 47.5 Å². The van der Waals surface area contributed by atoms with Gasteiger partial charge in [-0.05, 0) is 37.1 Å². The van der Waals surface area contributed by atoms with E-state index in [4.69, 9.17) is 0 Å². The summed E-state index contributed by atoms with van der Waals surface area (Å²) in [4.78, 5) is 4.59. The molecule has 0 atom stereocenters. The van der Waals surface area contributed by atoms with Gasteiger partial charge in [0.1, 0.15) is 11.9 Å². The van der Waals surface area contributed by atoms with E-state index in [-0.39, 0.29) is 0 Å². The van der Waals surface area contributed by atoms with Gasteiger partial charge in [-0.25, -0.2) is 4.98 Å². The number of hydrogen-bond acceptors (Lipinski definition) is 2. The maximum Gasteiger partial charge on any atom is 0.166 e. The van der Waals surface area contributed by atoms with E-state index in [1.165, 1.54) is 16.5 Å². The van der Waals surface area contributed by atoms with Crippen molar-refractivity contribution in [2.24, 2.45) is 0 Å². The lowest BCUT2D eigenvalue weighted by atomic mass is 10.1. The number of nitriles is 1. The molecule has 0 fully saturated rings. The molecule has 2 aromatic heterocycles. The van der Waals surface area contributed by atoms with E-state index in [9.17, 15) is 5.26 Å². The van der Waals surface area contributed by atoms with Gasteiger partial charge in [0.15, 0.2) is 5.69 Å². The van der Waals surface area contributed by atoms with E-state index in [1.807, 2.05) is 36.4 Å². The highest BCUT2D eigenvalue weighted by molar-refractivity contribution is 5.89. The minimum Gasteiger partial charge on any atom is -0.291 e. The van der Waals surface area contributed by atoms with Gasteiger partial charge < -0.3 is 0 Å². The summed E-state index contributed by atoms with van der Waals surface area (Å²) in [6.45, 7) is 4.21. The fraction of sp³-hybridized carbons (Fsp3) is 0.100. The van der Waals surface area contributed by atoms with Crippen molar-refractivity contribution >= 4 is 16.4 Å². The van der Waals surface area contributed by atoms with Gasteiger partial charge in [-0.3, -0.25) is 4.40 Å². The highest BCUT2D eigenvalue weighted by atomic mass is 15.0. The Morgan fingerprint density at radius 1 is 0.957 bits per heavy atom. The maximum absolute atomic E-state index is 9.45. The van der Waals surface area contributed by atoms with Crippen molar-refractivity contribution in [2.75, 3.05) is 0 Å². The predicted octanol–water partition coefficient (Wildman–Crippen LogP) is 4.64. The molecular formula is C20H15N3. The molecule has 23 heavy (non-hydrogen) atoms. The zero-order chi connectivity index (χ0) is 16.0. The van der Waals surface area contributed by atoms with Gasteiger partial charge >= 0.3 is 0 Å². The van der Waals surface area contributed by atoms with Crippen LogP contribution >= 0.6 is 0 Å². The lowest BCUT2D eigenvalue weighted by Crippen LogP contribution is -1.94. The molecular weight excluding hydrogens is 282 g/mol. The predicted molar refractivity (Wildman–Crippen MR) is 92.3 cm³/mol. The molecule has 3 nitrogen and oxygen atoms in total. The van der Waals surface area contributed by atoms with Gasteiger partial charge in [-0.2, -0.15) is 5.26 Å². The standard InChI is InChI=1S/C20H15N3/c1-13-10-14(2)16-8-9-18-17(12-21)22-20(23(18)19(16)11-13)15-6-4-3-5-7-15/h3-11H,1-2H3. The Balaban J connectivity index is 2.23. The monoisotopic (exact) mass is 297 g/mol. The SMILES string of the molecule is Cc1cc(C)c2ccc3c(C#N)nc(-c4ccccc4)n3c2c1. The van der Waals surface area contributed by atoms with Gasteiger partial charge in [-0.1, -0.05) is 42.5 Å². The molecule has 0 amide bonds. The van der Waals surface area contributed by atoms with Crippen LogP contribution in [-0.2, 0) is 0 Å². The van der Waals surface area contributed by atoms with Crippen LogP contribution in [-0.4, -0.2) is 9.38 Å². The highest BCUT2D eigenvalue weighted by Crippen LogP contribution is 2.29. The van der Waals surface area contributed by atoms with E-state index < -0.39 is 0 Å².